The van der Waals surface area contributed by atoms with Crippen molar-refractivity contribution in [3.05, 3.63) is 93.0 Å². The van der Waals surface area contributed by atoms with Crippen molar-refractivity contribution >= 4 is 169 Å². The van der Waals surface area contributed by atoms with E-state index in [1.165, 1.54) is 96.0 Å². The van der Waals surface area contributed by atoms with Crippen LogP contribution in [0.4, 0.5) is 21.0 Å². The van der Waals surface area contributed by atoms with Gasteiger partial charge in [-0.1, -0.05) is 128 Å². The second-order valence-corrected chi connectivity index (χ2v) is 41.9. The van der Waals surface area contributed by atoms with Crippen LogP contribution in [0, 0.1) is 11.8 Å². The molecule has 7 N–H and O–H groups in total. The van der Waals surface area contributed by atoms with Gasteiger partial charge in [-0.3, -0.25) is 53.3 Å². The Morgan fingerprint density at radius 2 is 0.946 bits per heavy atom. The number of rotatable bonds is 29. The number of hydrogen-bond acceptors (Lipinski definition) is 33. The number of carboxylic acid groups (broad SMARTS) is 1. The van der Waals surface area contributed by atoms with E-state index < -0.39 is 217 Å². The lowest BCUT2D eigenvalue weighted by Crippen LogP contribution is -2.63. The van der Waals surface area contributed by atoms with E-state index in [1.54, 1.807) is 76.3 Å². The number of likely N-dealkylation sites (N-methyl/N-ethyl adjacent to an activating group) is 2. The third kappa shape index (κ3) is 26.9. The molecule has 2 aromatic carbocycles. The molecular weight excluding hydrogens is 1860 g/mol. The summed E-state index contributed by atoms with van der Waals surface area (Å²) in [7, 11) is 6.33. The maximum atomic E-state index is 14.3. The maximum absolute atomic E-state index is 14.3. The predicted molar refractivity (Wildman–Crippen MR) is 476 cm³/mol. The maximum Gasteiger partial charge on any atom is 0.409 e. The molecule has 0 aromatic heterocycles. The zero-order chi connectivity index (χ0) is 96.1. The number of aliphatic hydroxyl groups is 2. The Bertz CT molecular complexity index is 4900. The minimum Gasteiger partial charge on any atom is -0.495 e. The van der Waals surface area contributed by atoms with Crippen molar-refractivity contribution < 1.29 is 151 Å². The molecule has 2 aromatic rings. The van der Waals surface area contributed by atoms with E-state index in [9.17, 15) is 89.1 Å². The predicted octanol–water partition coefficient (Wildman–Crippen LogP) is 7.56. The molecule has 7 aliphatic rings. The number of halogens is 2. The standard InChI is InChI=1S/C43H57ClN4O17S3.C39H54ClN3O15S3/c1-23-10-9-11-31(61-8)43(56)22-29(62-41(55)45-43)24(2)38-42(4,64-38)32(21-36(52)47(6)27-19-26(18-23)20-28(60-7)37(27)44)63-39(53)25(3)46(5)33(49)15-17-67-66-16-14-30(68(57,58)59)40(54)65-48-34(50)12-13-35(48)51;1-21-10-9-11-29(55-8)39(50)20-27(56-37(49)41-39)22(2)34-38(4,58-34)30(19-32(45)43(6)25-17-24(16-21)18-26(54-7)33(25)40)57-36(48)23(3)42(5)31(44)13-15-60-59-14-12-28(35(46)47)61(51,52)53/h9-11,19-20,24-25,29-32,38,56H,12-18,21-22H2,1-8H3,(H,45,55)(H,57,58,59);9-11,17-18,22-23,27-30,34,50H,12-16,19-20H2,1-8H3,(H,41,49)(H,46,47)(H,51,52,53)/b11-9+,23-10+;11-9+,21-10+/t24-,25+,29+,30?,31-,32+,38+,42+,43+;22-,23+,27+,28?,29-,30+,34+,38+,39+/m11/s1. The number of nitrogens with one attached hydrogen (secondary N) is 2. The molecule has 129 heavy (non-hydrogen) atoms. The van der Waals surface area contributed by atoms with Crippen LogP contribution in [0.15, 0.2) is 71.9 Å². The molecule has 2 unspecified atom stereocenters. The third-order valence-corrected chi connectivity index (χ3v) is 31.3. The summed E-state index contributed by atoms with van der Waals surface area (Å²) in [5.41, 5.74) is -2.49. The molecule has 7 heterocycles. The summed E-state index contributed by atoms with van der Waals surface area (Å²) in [6, 6.07) is 4.68. The monoisotopic (exact) mass is 1970 g/mol. The quantitative estimate of drug-likeness (QED) is 0.00785. The Hall–Kier alpha value is -8.00. The van der Waals surface area contributed by atoms with E-state index in [0.717, 1.165) is 59.6 Å². The zero-order valence-corrected chi connectivity index (χ0v) is 80.3. The number of amides is 8. The van der Waals surface area contributed by atoms with Crippen molar-refractivity contribution in [1.82, 2.24) is 25.5 Å². The number of methoxy groups -OCH3 is 4. The molecule has 0 aliphatic carbocycles. The lowest BCUT2D eigenvalue weighted by atomic mass is 9.83. The van der Waals surface area contributed by atoms with Crippen molar-refractivity contribution in [3.63, 3.8) is 0 Å². The number of anilines is 2. The molecule has 0 saturated carbocycles. The molecule has 5 fully saturated rings. The van der Waals surface area contributed by atoms with Crippen molar-refractivity contribution in [2.75, 3.05) is 89.4 Å². The second kappa shape index (κ2) is 45.2. The van der Waals surface area contributed by atoms with Gasteiger partial charge in [0.15, 0.2) is 21.9 Å². The van der Waals surface area contributed by atoms with Gasteiger partial charge in [-0.25, -0.2) is 24.0 Å². The summed E-state index contributed by atoms with van der Waals surface area (Å²) < 4.78 is 124. The Morgan fingerprint density at radius 3 is 1.29 bits per heavy atom. The fourth-order valence-electron chi connectivity index (χ4n) is 15.2. The number of esters is 2. The molecule has 39 nitrogen and oxygen atoms in total. The highest BCUT2D eigenvalue weighted by atomic mass is 35.5. The molecule has 9 rings (SSSR count). The molecule has 0 spiro atoms. The summed E-state index contributed by atoms with van der Waals surface area (Å²) in [6.07, 6.45) is -0.877. The van der Waals surface area contributed by atoms with Gasteiger partial charge < -0.3 is 87.1 Å². The number of carbonyl (C=O) groups excluding carboxylic acids is 11. The van der Waals surface area contributed by atoms with E-state index in [4.69, 9.17) is 80.2 Å². The van der Waals surface area contributed by atoms with Gasteiger partial charge in [0.25, 0.3) is 32.1 Å². The molecule has 0 radical (unpaired) electrons. The number of fused-ring (bicyclic) bond motifs is 10. The van der Waals surface area contributed by atoms with Crippen LogP contribution in [0.3, 0.4) is 0 Å². The number of hydroxylamine groups is 2. The first-order valence-corrected chi connectivity index (χ1v) is 49.5. The summed E-state index contributed by atoms with van der Waals surface area (Å²) in [5.74, 6) is -8.58. The normalized spacial score (nSPS) is 29.1. The van der Waals surface area contributed by atoms with Crippen molar-refractivity contribution in [2.24, 2.45) is 11.8 Å². The van der Waals surface area contributed by atoms with Crippen molar-refractivity contribution in [1.29, 1.82) is 0 Å². The fraction of sp³-hybridized carbons (Fsp3) is 0.610. The van der Waals surface area contributed by atoms with Crippen LogP contribution in [0.1, 0.15) is 131 Å². The summed E-state index contributed by atoms with van der Waals surface area (Å²) in [6.45, 7) is 13.5. The average molecular weight is 1970 g/mol. The van der Waals surface area contributed by atoms with Crippen LogP contribution in [0.25, 0.3) is 0 Å². The number of carboxylic acids is 1. The number of aliphatic carboxylic acids is 1. The van der Waals surface area contributed by atoms with Crippen molar-refractivity contribution in [2.45, 2.75) is 227 Å². The highest BCUT2D eigenvalue weighted by Gasteiger charge is 2.66. The summed E-state index contributed by atoms with van der Waals surface area (Å²) >= 11 is 13.5. The fourth-order valence-corrected chi connectivity index (χ4v) is 21.6. The van der Waals surface area contributed by atoms with E-state index >= 15 is 0 Å². The van der Waals surface area contributed by atoms with Crippen LogP contribution in [-0.4, -0.2) is 301 Å². The number of allylic oxidation sites excluding steroid dienone is 6. The smallest absolute Gasteiger partial charge is 0.409 e. The molecule has 8 bridgehead atoms. The molecule has 18 atom stereocenters. The Kier molecular flexibility index (Phi) is 37.2. The highest BCUT2D eigenvalue weighted by Crippen LogP contribution is 2.52. The third-order valence-electron chi connectivity index (χ3n) is 23.4. The number of alkyl carbamates (subject to hydrolysis) is 2. The molecule has 5 saturated heterocycles. The van der Waals surface area contributed by atoms with Crippen molar-refractivity contribution in [3.8, 4) is 11.5 Å². The number of ether oxygens (including phenoxy) is 10. The first-order chi connectivity index (χ1) is 60.3. The van der Waals surface area contributed by atoms with Gasteiger partial charge in [0.2, 0.25) is 23.6 Å². The van der Waals surface area contributed by atoms with Crippen LogP contribution < -0.4 is 29.9 Å². The Balaban J connectivity index is 0.000000321. The van der Waals surface area contributed by atoms with E-state index in [1.807, 2.05) is 26.0 Å². The van der Waals surface area contributed by atoms with Crippen LogP contribution in [-0.2, 0) is 124 Å². The number of nitrogens with zero attached hydrogens (tertiary/aromatic N) is 5. The lowest BCUT2D eigenvalue weighted by Gasteiger charge is -2.42. The molecule has 8 amide bonds. The van der Waals surface area contributed by atoms with E-state index in [2.05, 4.69) is 15.5 Å². The first-order valence-electron chi connectivity index (χ1n) is 40.7. The first kappa shape index (κ1) is 106. The Morgan fingerprint density at radius 1 is 0.581 bits per heavy atom. The number of imide groups is 1. The molecule has 716 valence electrons. The van der Waals surface area contributed by atoms with E-state index in [0.29, 0.717) is 35.7 Å². The zero-order valence-electron chi connectivity index (χ0n) is 73.9. The minimum absolute atomic E-state index is 0.0250. The molecular formula is C82H111Cl2N7O32S6. The van der Waals surface area contributed by atoms with Crippen LogP contribution >= 0.6 is 66.4 Å². The van der Waals surface area contributed by atoms with Gasteiger partial charge in [-0.15, -0.1) is 5.06 Å². The van der Waals surface area contributed by atoms with Gasteiger partial charge in [0, 0.05) is 116 Å². The summed E-state index contributed by atoms with van der Waals surface area (Å²) in [5, 5.41) is 34.1. The van der Waals surface area contributed by atoms with Crippen LogP contribution in [0.5, 0.6) is 11.5 Å². The lowest BCUT2D eigenvalue weighted by molar-refractivity contribution is -0.197. The molecule has 47 heteroatoms. The number of epoxide rings is 2. The Labute approximate surface area is 773 Å². The van der Waals surface area contributed by atoms with Crippen LogP contribution in [0.2, 0.25) is 10.0 Å². The second-order valence-electron chi connectivity index (χ2n) is 32.5. The van der Waals surface area contributed by atoms with Gasteiger partial charge in [0.1, 0.15) is 81.5 Å². The topological polar surface area (TPSA) is 523 Å². The average Bonchev–Trinajstić information content (AvgIpc) is 1.57. The van der Waals surface area contributed by atoms with Gasteiger partial charge >= 0.3 is 36.1 Å². The largest absolute Gasteiger partial charge is 0.495 e. The number of benzene rings is 2. The SMILES string of the molecule is COc1cc2cc(c1Cl)N(C)C(=O)C[C@H](OC(=O)[C@H](C)N(C)C(=O)CCSSCCC(C(=O)O)S(=O)(=O)O)[C@]1(C)O[C@H]1[C@H](C)[C@@H]1C[C@@](O)(NC(=O)O1)[C@H](OC)/C=C/C=C(\C)C2.COc1cc2cc(c1Cl)N(C)C(=O)C[C@H](OC(=O)[C@H](C)N(C)C(=O)CCSSCCC(C(=O)ON1C(=O)CCC1=O)S(=O)(=O)O)[C@]1(C)O[C@H]1[C@H](C)[C@@H]1C[C@@](O)(NC(=O)O1)[C@H](OC)/C=C/C=C(\C)C2. The number of hydrogen-bond donors (Lipinski definition) is 7. The van der Waals surface area contributed by atoms with E-state index in [-0.39, 0.29) is 83.1 Å². The van der Waals surface area contributed by atoms with Gasteiger partial charge in [-0.05, 0) is 103 Å². The highest BCUT2D eigenvalue weighted by molar-refractivity contribution is 8.77. The summed E-state index contributed by atoms with van der Waals surface area (Å²) in [4.78, 5) is 166. The molecule has 7 aliphatic heterocycles. The van der Waals surface area contributed by atoms with Gasteiger partial charge in [-0.2, -0.15) is 16.8 Å². The number of carbonyl (C=O) groups is 12. The minimum atomic E-state index is -4.97. The van der Waals surface area contributed by atoms with Gasteiger partial charge in [0.05, 0.1) is 50.6 Å².